The highest BCUT2D eigenvalue weighted by molar-refractivity contribution is 5.27. The van der Waals surface area contributed by atoms with Crippen molar-refractivity contribution < 1.29 is 9.84 Å². The third-order valence-corrected chi connectivity index (χ3v) is 3.22. The molecule has 108 valence electrons. The molecule has 1 unspecified atom stereocenters. The van der Waals surface area contributed by atoms with Crippen LogP contribution in [0.2, 0.25) is 0 Å². The number of hydrogen-bond acceptors (Lipinski definition) is 4. The number of methoxy groups -OCH3 is 1. The summed E-state index contributed by atoms with van der Waals surface area (Å²) in [7, 11) is 1.59. The van der Waals surface area contributed by atoms with E-state index in [4.69, 9.17) is 4.74 Å². The molecular formula is C15H21N3O2. The third-order valence-electron chi connectivity index (χ3n) is 3.22. The maximum Gasteiger partial charge on any atom is 0.162 e. The zero-order valence-electron chi connectivity index (χ0n) is 12.2. The predicted octanol–water partition coefficient (Wildman–Crippen LogP) is 2.53. The highest BCUT2D eigenvalue weighted by Gasteiger charge is 2.21. The first-order valence-electron chi connectivity index (χ1n) is 6.82. The van der Waals surface area contributed by atoms with Crippen molar-refractivity contribution in [3.63, 3.8) is 0 Å². The second-order valence-electron chi connectivity index (χ2n) is 5.01. The molecule has 0 saturated heterocycles. The van der Waals surface area contributed by atoms with Gasteiger partial charge in [-0.2, -0.15) is 5.10 Å². The van der Waals surface area contributed by atoms with E-state index in [2.05, 4.69) is 10.1 Å². The van der Waals surface area contributed by atoms with Gasteiger partial charge < -0.3 is 9.84 Å². The minimum atomic E-state index is -0.614. The fraction of sp³-hybridized carbons (Fsp3) is 0.467. The summed E-state index contributed by atoms with van der Waals surface area (Å²) < 4.78 is 7.10. The van der Waals surface area contributed by atoms with E-state index in [1.165, 1.54) is 0 Å². The Labute approximate surface area is 119 Å². The monoisotopic (exact) mass is 275 g/mol. The molecule has 0 aromatic carbocycles. The summed E-state index contributed by atoms with van der Waals surface area (Å²) in [5, 5.41) is 14.7. The second kappa shape index (κ2) is 6.52. The number of aryl methyl sites for hydroxylation is 1. The van der Waals surface area contributed by atoms with Crippen LogP contribution in [0.5, 0.6) is 5.75 Å². The van der Waals surface area contributed by atoms with Crippen molar-refractivity contribution in [3.8, 4) is 5.75 Å². The van der Waals surface area contributed by atoms with E-state index >= 15 is 0 Å². The third kappa shape index (κ3) is 3.17. The van der Waals surface area contributed by atoms with E-state index in [-0.39, 0.29) is 6.04 Å². The molecule has 0 amide bonds. The van der Waals surface area contributed by atoms with Crippen LogP contribution in [0.3, 0.4) is 0 Å². The Hall–Kier alpha value is -1.88. The molecule has 0 saturated carbocycles. The standard InChI is InChI=1S/C15H21N3O2/c1-11(2)18-15(14(20-3)10-17-18)13(19)8-7-12-6-4-5-9-16-12/h4-6,9-11,13,19H,7-8H2,1-3H3. The predicted molar refractivity (Wildman–Crippen MR) is 76.7 cm³/mol. The molecule has 0 fully saturated rings. The SMILES string of the molecule is COc1cnn(C(C)C)c1C(O)CCc1ccccn1. The van der Waals surface area contributed by atoms with E-state index in [0.717, 1.165) is 11.4 Å². The molecule has 0 aliphatic carbocycles. The maximum absolute atomic E-state index is 10.4. The topological polar surface area (TPSA) is 60.2 Å². The number of hydrogen-bond donors (Lipinski definition) is 1. The lowest BCUT2D eigenvalue weighted by Crippen LogP contribution is -2.13. The van der Waals surface area contributed by atoms with Gasteiger partial charge >= 0.3 is 0 Å². The molecule has 0 spiro atoms. The van der Waals surface area contributed by atoms with Gasteiger partial charge in [-0.05, 0) is 38.8 Å². The van der Waals surface area contributed by atoms with Crippen LogP contribution < -0.4 is 4.74 Å². The van der Waals surface area contributed by atoms with Crippen LogP contribution in [0.15, 0.2) is 30.6 Å². The normalized spacial score (nSPS) is 12.7. The van der Waals surface area contributed by atoms with E-state index < -0.39 is 6.10 Å². The first kappa shape index (κ1) is 14.5. The molecule has 2 heterocycles. The number of ether oxygens (including phenoxy) is 1. The molecule has 0 radical (unpaired) electrons. The van der Waals surface area contributed by atoms with Crippen LogP contribution in [0.25, 0.3) is 0 Å². The van der Waals surface area contributed by atoms with Crippen LogP contribution in [0, 0.1) is 0 Å². The van der Waals surface area contributed by atoms with Gasteiger partial charge in [-0.1, -0.05) is 6.07 Å². The van der Waals surface area contributed by atoms with Crippen molar-refractivity contribution in [2.45, 2.75) is 38.8 Å². The lowest BCUT2D eigenvalue weighted by molar-refractivity contribution is 0.150. The highest BCUT2D eigenvalue weighted by atomic mass is 16.5. The Balaban J connectivity index is 2.12. The molecule has 2 aromatic heterocycles. The summed E-state index contributed by atoms with van der Waals surface area (Å²) in [5.41, 5.74) is 1.71. The van der Waals surface area contributed by atoms with Crippen molar-refractivity contribution >= 4 is 0 Å². The summed E-state index contributed by atoms with van der Waals surface area (Å²) in [6.07, 6.45) is 4.11. The number of aromatic nitrogens is 3. The van der Waals surface area contributed by atoms with Crippen molar-refractivity contribution in [2.24, 2.45) is 0 Å². The Morgan fingerprint density at radius 3 is 2.75 bits per heavy atom. The van der Waals surface area contributed by atoms with Crippen LogP contribution in [-0.4, -0.2) is 27.0 Å². The van der Waals surface area contributed by atoms with Crippen LogP contribution in [0.1, 0.15) is 43.8 Å². The number of pyridine rings is 1. The number of aliphatic hydroxyl groups excluding tert-OH is 1. The van der Waals surface area contributed by atoms with Gasteiger partial charge in [0, 0.05) is 17.9 Å². The first-order chi connectivity index (χ1) is 9.63. The van der Waals surface area contributed by atoms with Gasteiger partial charge in [0.25, 0.3) is 0 Å². The quantitative estimate of drug-likeness (QED) is 0.880. The Morgan fingerprint density at radius 2 is 2.15 bits per heavy atom. The summed E-state index contributed by atoms with van der Waals surface area (Å²) >= 11 is 0. The summed E-state index contributed by atoms with van der Waals surface area (Å²) in [5.74, 6) is 0.632. The van der Waals surface area contributed by atoms with Crippen LogP contribution in [0.4, 0.5) is 0 Å². The van der Waals surface area contributed by atoms with Gasteiger partial charge in [-0.25, -0.2) is 0 Å². The maximum atomic E-state index is 10.4. The van der Waals surface area contributed by atoms with E-state index in [9.17, 15) is 5.11 Å². The van der Waals surface area contributed by atoms with Gasteiger partial charge in [-0.3, -0.25) is 9.67 Å². The van der Waals surface area contributed by atoms with E-state index in [0.29, 0.717) is 18.6 Å². The zero-order chi connectivity index (χ0) is 14.5. The lowest BCUT2D eigenvalue weighted by atomic mass is 10.1. The largest absolute Gasteiger partial charge is 0.493 e. The summed E-state index contributed by atoms with van der Waals surface area (Å²) in [4.78, 5) is 4.27. The molecule has 20 heavy (non-hydrogen) atoms. The molecular weight excluding hydrogens is 254 g/mol. The second-order valence-corrected chi connectivity index (χ2v) is 5.01. The zero-order valence-corrected chi connectivity index (χ0v) is 12.2. The van der Waals surface area contributed by atoms with Gasteiger partial charge in [0.2, 0.25) is 0 Å². The van der Waals surface area contributed by atoms with Crippen LogP contribution >= 0.6 is 0 Å². The lowest BCUT2D eigenvalue weighted by Gasteiger charge is -2.17. The molecule has 1 N–H and O–H groups in total. The molecule has 5 heteroatoms. The Bertz CT molecular complexity index is 537. The summed E-state index contributed by atoms with van der Waals surface area (Å²) in [6, 6.07) is 5.98. The molecule has 0 aliphatic rings. The average Bonchev–Trinajstić information content (AvgIpc) is 2.90. The van der Waals surface area contributed by atoms with Gasteiger partial charge in [-0.15, -0.1) is 0 Å². The molecule has 5 nitrogen and oxygen atoms in total. The number of aliphatic hydroxyl groups is 1. The van der Waals surface area contributed by atoms with E-state index in [1.54, 1.807) is 19.5 Å². The first-order valence-corrected chi connectivity index (χ1v) is 6.82. The highest BCUT2D eigenvalue weighted by Crippen LogP contribution is 2.29. The fourth-order valence-corrected chi connectivity index (χ4v) is 2.21. The van der Waals surface area contributed by atoms with Gasteiger partial charge in [0.1, 0.15) is 5.69 Å². The molecule has 2 aromatic rings. The smallest absolute Gasteiger partial charge is 0.162 e. The minimum absolute atomic E-state index is 0.179. The molecule has 0 aliphatic heterocycles. The Morgan fingerprint density at radius 1 is 1.35 bits per heavy atom. The van der Waals surface area contributed by atoms with Crippen molar-refractivity contribution in [2.75, 3.05) is 7.11 Å². The fourth-order valence-electron chi connectivity index (χ4n) is 2.21. The number of rotatable bonds is 6. The van der Waals surface area contributed by atoms with Crippen molar-refractivity contribution in [1.82, 2.24) is 14.8 Å². The summed E-state index contributed by atoms with van der Waals surface area (Å²) in [6.45, 7) is 4.06. The van der Waals surface area contributed by atoms with Crippen LogP contribution in [-0.2, 0) is 6.42 Å². The van der Waals surface area contributed by atoms with Gasteiger partial charge in [0.05, 0.1) is 19.4 Å². The molecule has 2 rings (SSSR count). The molecule has 1 atom stereocenters. The minimum Gasteiger partial charge on any atom is -0.493 e. The number of nitrogens with zero attached hydrogens (tertiary/aromatic N) is 3. The molecule has 0 bridgehead atoms. The van der Waals surface area contributed by atoms with E-state index in [1.807, 2.05) is 36.7 Å². The van der Waals surface area contributed by atoms with Crippen molar-refractivity contribution in [1.29, 1.82) is 0 Å². The average molecular weight is 275 g/mol. The van der Waals surface area contributed by atoms with Crippen molar-refractivity contribution in [3.05, 3.63) is 42.0 Å². The van der Waals surface area contributed by atoms with Gasteiger partial charge in [0.15, 0.2) is 5.75 Å². The Kier molecular flexibility index (Phi) is 4.74.